The summed E-state index contributed by atoms with van der Waals surface area (Å²) in [5.74, 6) is 1.37. The third-order valence-corrected chi connectivity index (χ3v) is 2.96. The van der Waals surface area contributed by atoms with E-state index in [4.69, 9.17) is 0 Å². The van der Waals surface area contributed by atoms with Crippen LogP contribution in [0.4, 0.5) is 4.39 Å². The van der Waals surface area contributed by atoms with E-state index in [0.717, 1.165) is 25.0 Å². The molecule has 0 spiro atoms. The van der Waals surface area contributed by atoms with Crippen LogP contribution in [0.25, 0.3) is 0 Å². The second kappa shape index (κ2) is 6.38. The number of nitrogens with one attached hydrogen (secondary N) is 2. The molecule has 0 aromatic heterocycles. The van der Waals surface area contributed by atoms with Gasteiger partial charge in [0.2, 0.25) is 0 Å². The van der Waals surface area contributed by atoms with Crippen LogP contribution in [-0.2, 0) is 6.54 Å². The van der Waals surface area contributed by atoms with Crippen molar-refractivity contribution in [3.8, 4) is 0 Å². The first-order valence-corrected chi connectivity index (χ1v) is 6.55. The van der Waals surface area contributed by atoms with Crippen LogP contribution >= 0.6 is 0 Å². The number of hydrogen-bond donors (Lipinski definition) is 2. The van der Waals surface area contributed by atoms with Gasteiger partial charge in [0.1, 0.15) is 5.82 Å². The van der Waals surface area contributed by atoms with Gasteiger partial charge in [0.05, 0.1) is 6.54 Å². The van der Waals surface area contributed by atoms with Crippen molar-refractivity contribution in [1.82, 2.24) is 10.6 Å². The van der Waals surface area contributed by atoms with Crippen LogP contribution in [0.1, 0.15) is 25.3 Å². The quantitative estimate of drug-likeness (QED) is 0.620. The molecule has 0 aliphatic heterocycles. The minimum Gasteiger partial charge on any atom is -0.357 e. The maximum Gasteiger partial charge on any atom is 0.191 e. The Bertz CT molecular complexity index is 413. The number of rotatable bonds is 5. The summed E-state index contributed by atoms with van der Waals surface area (Å²) in [6.45, 7) is 4.17. The van der Waals surface area contributed by atoms with Crippen LogP contribution in [0, 0.1) is 11.7 Å². The van der Waals surface area contributed by atoms with Crippen molar-refractivity contribution in [2.24, 2.45) is 10.9 Å². The fourth-order valence-corrected chi connectivity index (χ4v) is 1.70. The molecule has 4 heteroatoms. The van der Waals surface area contributed by atoms with Crippen molar-refractivity contribution < 1.29 is 4.39 Å². The molecule has 2 N–H and O–H groups in total. The van der Waals surface area contributed by atoms with E-state index in [-0.39, 0.29) is 5.82 Å². The Hall–Kier alpha value is -1.58. The first kappa shape index (κ1) is 12.9. The first-order valence-electron chi connectivity index (χ1n) is 6.55. The third kappa shape index (κ3) is 4.02. The van der Waals surface area contributed by atoms with E-state index in [1.54, 1.807) is 12.1 Å². The zero-order valence-electron chi connectivity index (χ0n) is 10.7. The van der Waals surface area contributed by atoms with Crippen LogP contribution < -0.4 is 10.6 Å². The number of halogens is 1. The van der Waals surface area contributed by atoms with Gasteiger partial charge in [-0.2, -0.15) is 0 Å². The molecule has 1 fully saturated rings. The molecule has 0 heterocycles. The van der Waals surface area contributed by atoms with Crippen molar-refractivity contribution in [2.45, 2.75) is 26.3 Å². The molecule has 0 radical (unpaired) electrons. The monoisotopic (exact) mass is 249 g/mol. The standard InChI is InChI=1S/C14H20FN3/c1-2-16-14(17-9-11-7-8-11)18-10-12-5-3-4-6-13(12)15/h3-6,11H,2,7-10H2,1H3,(H2,16,17,18). The topological polar surface area (TPSA) is 36.4 Å². The number of guanidine groups is 1. The molecule has 0 bridgehead atoms. The van der Waals surface area contributed by atoms with E-state index in [9.17, 15) is 4.39 Å². The molecule has 1 aliphatic rings. The van der Waals surface area contributed by atoms with Crippen LogP contribution in [0.2, 0.25) is 0 Å². The maximum atomic E-state index is 13.4. The predicted octanol–water partition coefficient (Wildman–Crippen LogP) is 2.29. The van der Waals surface area contributed by atoms with Crippen molar-refractivity contribution in [2.75, 3.05) is 13.1 Å². The van der Waals surface area contributed by atoms with E-state index in [0.29, 0.717) is 12.1 Å². The molecule has 0 unspecified atom stereocenters. The van der Waals surface area contributed by atoms with E-state index < -0.39 is 0 Å². The summed E-state index contributed by atoms with van der Waals surface area (Å²) in [7, 11) is 0. The van der Waals surface area contributed by atoms with Crippen molar-refractivity contribution in [3.05, 3.63) is 35.6 Å². The first-order chi connectivity index (χ1) is 8.79. The fourth-order valence-electron chi connectivity index (χ4n) is 1.70. The Balaban J connectivity index is 1.91. The summed E-state index contributed by atoms with van der Waals surface area (Å²) >= 11 is 0. The molecule has 98 valence electrons. The van der Waals surface area contributed by atoms with Gasteiger partial charge in [-0.3, -0.25) is 0 Å². The van der Waals surface area contributed by atoms with Gasteiger partial charge in [0.25, 0.3) is 0 Å². The lowest BCUT2D eigenvalue weighted by Gasteiger charge is -2.10. The van der Waals surface area contributed by atoms with Crippen molar-refractivity contribution in [1.29, 1.82) is 0 Å². The van der Waals surface area contributed by atoms with Crippen LogP contribution in [-0.4, -0.2) is 19.0 Å². The number of benzene rings is 1. The average molecular weight is 249 g/mol. The Morgan fingerprint density at radius 1 is 1.33 bits per heavy atom. The molecule has 0 amide bonds. The number of hydrogen-bond acceptors (Lipinski definition) is 1. The molecule has 0 atom stereocenters. The highest BCUT2D eigenvalue weighted by molar-refractivity contribution is 5.79. The van der Waals surface area contributed by atoms with Gasteiger partial charge < -0.3 is 10.6 Å². The Kier molecular flexibility index (Phi) is 4.56. The van der Waals surface area contributed by atoms with E-state index in [2.05, 4.69) is 15.6 Å². The molecule has 1 aromatic carbocycles. The second-order valence-corrected chi connectivity index (χ2v) is 4.61. The summed E-state index contributed by atoms with van der Waals surface area (Å²) in [4.78, 5) is 4.40. The lowest BCUT2D eigenvalue weighted by molar-refractivity contribution is 0.610. The van der Waals surface area contributed by atoms with Gasteiger partial charge in [0, 0.05) is 18.7 Å². The van der Waals surface area contributed by atoms with E-state index >= 15 is 0 Å². The molecular formula is C14H20FN3. The lowest BCUT2D eigenvalue weighted by atomic mass is 10.2. The van der Waals surface area contributed by atoms with Gasteiger partial charge in [-0.05, 0) is 31.7 Å². The molecular weight excluding hydrogens is 229 g/mol. The lowest BCUT2D eigenvalue weighted by Crippen LogP contribution is -2.38. The van der Waals surface area contributed by atoms with Crippen LogP contribution in [0.3, 0.4) is 0 Å². The molecule has 2 rings (SSSR count). The highest BCUT2D eigenvalue weighted by Crippen LogP contribution is 2.27. The van der Waals surface area contributed by atoms with Crippen LogP contribution in [0.15, 0.2) is 29.3 Å². The third-order valence-electron chi connectivity index (χ3n) is 2.96. The predicted molar refractivity (Wildman–Crippen MR) is 71.9 cm³/mol. The van der Waals surface area contributed by atoms with E-state index in [1.807, 2.05) is 13.0 Å². The molecule has 3 nitrogen and oxygen atoms in total. The smallest absolute Gasteiger partial charge is 0.191 e. The Labute approximate surface area is 108 Å². The number of aliphatic imine (C=N–C) groups is 1. The summed E-state index contributed by atoms with van der Waals surface area (Å²) in [6, 6.07) is 6.76. The zero-order chi connectivity index (χ0) is 12.8. The second-order valence-electron chi connectivity index (χ2n) is 4.61. The highest BCUT2D eigenvalue weighted by atomic mass is 19.1. The molecule has 1 aromatic rings. The largest absolute Gasteiger partial charge is 0.357 e. The van der Waals surface area contributed by atoms with Gasteiger partial charge >= 0.3 is 0 Å². The molecule has 1 saturated carbocycles. The SMILES string of the molecule is CCNC(=NCc1ccccc1F)NCC1CC1. The summed E-state index contributed by atoms with van der Waals surface area (Å²) in [5.41, 5.74) is 0.626. The van der Waals surface area contributed by atoms with Gasteiger partial charge in [0.15, 0.2) is 5.96 Å². The molecule has 18 heavy (non-hydrogen) atoms. The van der Waals surface area contributed by atoms with Crippen molar-refractivity contribution in [3.63, 3.8) is 0 Å². The maximum absolute atomic E-state index is 13.4. The fraction of sp³-hybridized carbons (Fsp3) is 0.500. The molecule has 0 saturated heterocycles. The Morgan fingerprint density at radius 2 is 2.11 bits per heavy atom. The van der Waals surface area contributed by atoms with E-state index in [1.165, 1.54) is 18.9 Å². The van der Waals surface area contributed by atoms with Gasteiger partial charge in [-0.1, -0.05) is 18.2 Å². The normalized spacial score (nSPS) is 15.6. The zero-order valence-corrected chi connectivity index (χ0v) is 10.7. The van der Waals surface area contributed by atoms with Crippen LogP contribution in [0.5, 0.6) is 0 Å². The van der Waals surface area contributed by atoms with Gasteiger partial charge in [-0.15, -0.1) is 0 Å². The minimum atomic E-state index is -0.195. The molecule has 1 aliphatic carbocycles. The minimum absolute atomic E-state index is 0.195. The van der Waals surface area contributed by atoms with Gasteiger partial charge in [-0.25, -0.2) is 9.38 Å². The Morgan fingerprint density at radius 3 is 2.78 bits per heavy atom. The highest BCUT2D eigenvalue weighted by Gasteiger charge is 2.20. The summed E-state index contributed by atoms with van der Waals surface area (Å²) in [5, 5.41) is 6.46. The average Bonchev–Trinajstić information content (AvgIpc) is 3.18. The van der Waals surface area contributed by atoms with Crippen molar-refractivity contribution >= 4 is 5.96 Å². The number of nitrogens with zero attached hydrogens (tertiary/aromatic N) is 1. The summed E-state index contributed by atoms with van der Waals surface area (Å²) < 4.78 is 13.4. The summed E-state index contributed by atoms with van der Waals surface area (Å²) in [6.07, 6.45) is 2.61.